The number of nitrogens with two attached hydrogens (primary N) is 2. The average Bonchev–Trinajstić information content (AvgIpc) is 2.48. The predicted molar refractivity (Wildman–Crippen MR) is 60.3 cm³/mol. The van der Waals surface area contributed by atoms with Crippen molar-refractivity contribution >= 4 is 6.03 Å². The molecule has 2 amide bonds. The van der Waals surface area contributed by atoms with Crippen molar-refractivity contribution in [3.8, 4) is 0 Å². The van der Waals surface area contributed by atoms with E-state index in [1.807, 2.05) is 18.4 Å². The van der Waals surface area contributed by atoms with Crippen LogP contribution in [-0.2, 0) is 4.74 Å². The van der Waals surface area contributed by atoms with Gasteiger partial charge in [-0.05, 0) is 24.6 Å². The topological polar surface area (TPSA) is 93.6 Å². The zero-order valence-corrected chi connectivity index (χ0v) is 9.36. The first-order valence-electron chi connectivity index (χ1n) is 4.76. The molecule has 1 rings (SSSR count). The van der Waals surface area contributed by atoms with Crippen LogP contribution >= 0.6 is 0 Å². The normalized spacial score (nSPS) is 15.4. The molecule has 0 fully saturated rings. The number of carbonyl (C=O) groups excluding carboxylic acids is 1. The Kier molecular flexibility index (Phi) is 4.10. The minimum atomic E-state index is -0.570. The molecule has 0 bridgehead atoms. The third-order valence-corrected chi connectivity index (χ3v) is 2.28. The van der Waals surface area contributed by atoms with Gasteiger partial charge in [0.15, 0.2) is 0 Å². The number of nitrogens with zero attached hydrogens (tertiary/aromatic N) is 1. The van der Waals surface area contributed by atoms with Crippen LogP contribution in [0.3, 0.4) is 0 Å². The van der Waals surface area contributed by atoms with E-state index in [-0.39, 0.29) is 0 Å². The molecule has 6 nitrogen and oxygen atoms in total. The molecule has 0 spiro atoms. The highest BCUT2D eigenvalue weighted by Crippen LogP contribution is 2.20. The number of nitrogens with one attached hydrogen (secondary N) is 1. The van der Waals surface area contributed by atoms with Crippen LogP contribution in [0, 0.1) is 0 Å². The van der Waals surface area contributed by atoms with E-state index in [1.54, 1.807) is 19.3 Å². The number of allylic oxidation sites excluding steroid dienone is 4. The van der Waals surface area contributed by atoms with Crippen LogP contribution in [0.1, 0.15) is 13.3 Å². The monoisotopic (exact) mass is 224 g/mol. The third kappa shape index (κ3) is 2.62. The Balaban J connectivity index is 2.93. The Morgan fingerprint density at radius 1 is 1.62 bits per heavy atom. The molecule has 0 radical (unpaired) electrons. The van der Waals surface area contributed by atoms with Gasteiger partial charge in [-0.3, -0.25) is 5.43 Å². The highest BCUT2D eigenvalue weighted by atomic mass is 16.5. The summed E-state index contributed by atoms with van der Waals surface area (Å²) in [6.07, 6.45) is 5.93. The first-order valence-corrected chi connectivity index (χ1v) is 4.76. The van der Waals surface area contributed by atoms with E-state index < -0.39 is 6.03 Å². The number of amides is 2. The van der Waals surface area contributed by atoms with E-state index >= 15 is 0 Å². The molecule has 1 aliphatic carbocycles. The van der Waals surface area contributed by atoms with Gasteiger partial charge in [0.05, 0.1) is 18.6 Å². The van der Waals surface area contributed by atoms with Gasteiger partial charge >= 0.3 is 6.03 Å². The van der Waals surface area contributed by atoms with E-state index in [2.05, 4.69) is 0 Å². The van der Waals surface area contributed by atoms with Crippen LogP contribution in [-0.4, -0.2) is 18.1 Å². The zero-order valence-electron chi connectivity index (χ0n) is 9.36. The van der Waals surface area contributed by atoms with E-state index in [0.29, 0.717) is 12.1 Å². The van der Waals surface area contributed by atoms with E-state index in [4.69, 9.17) is 16.4 Å². The standard InChI is InChI=1S/C10H16N4O2/c1-7-6-8(16-2)4-3-5-9(7)14(12)10(15)13-11/h3-5H,6,11-12H2,1-2H3,(H,13,15). The van der Waals surface area contributed by atoms with Crippen molar-refractivity contribution in [3.05, 3.63) is 35.3 Å². The molecule has 0 saturated heterocycles. The summed E-state index contributed by atoms with van der Waals surface area (Å²) >= 11 is 0. The van der Waals surface area contributed by atoms with Crippen LogP contribution in [0.15, 0.2) is 35.3 Å². The van der Waals surface area contributed by atoms with Gasteiger partial charge in [0.2, 0.25) is 0 Å². The maximum atomic E-state index is 11.3. The fourth-order valence-electron chi connectivity index (χ4n) is 1.40. The molecule has 5 N–H and O–H groups in total. The second-order valence-electron chi connectivity index (χ2n) is 3.36. The van der Waals surface area contributed by atoms with Crippen molar-refractivity contribution in [3.63, 3.8) is 0 Å². The van der Waals surface area contributed by atoms with Crippen LogP contribution in [0.2, 0.25) is 0 Å². The van der Waals surface area contributed by atoms with Crippen molar-refractivity contribution in [1.29, 1.82) is 0 Å². The van der Waals surface area contributed by atoms with Crippen LogP contribution < -0.4 is 17.1 Å². The Bertz CT molecular complexity index is 371. The van der Waals surface area contributed by atoms with Crippen molar-refractivity contribution in [2.75, 3.05) is 7.11 Å². The lowest BCUT2D eigenvalue weighted by atomic mass is 10.1. The molecule has 88 valence electrons. The molecule has 0 unspecified atom stereocenters. The van der Waals surface area contributed by atoms with Crippen LogP contribution in [0.25, 0.3) is 0 Å². The second kappa shape index (κ2) is 5.34. The smallest absolute Gasteiger partial charge is 0.350 e. The van der Waals surface area contributed by atoms with E-state index in [0.717, 1.165) is 16.3 Å². The molecule has 0 aliphatic heterocycles. The van der Waals surface area contributed by atoms with Gasteiger partial charge < -0.3 is 4.74 Å². The van der Waals surface area contributed by atoms with Crippen LogP contribution in [0.4, 0.5) is 4.79 Å². The minimum absolute atomic E-state index is 0.570. The lowest BCUT2D eigenvalue weighted by Gasteiger charge is -2.19. The Labute approximate surface area is 94.2 Å². The maximum Gasteiger partial charge on any atom is 0.350 e. The molecule has 0 aromatic carbocycles. The van der Waals surface area contributed by atoms with Crippen molar-refractivity contribution in [2.45, 2.75) is 13.3 Å². The third-order valence-electron chi connectivity index (χ3n) is 2.28. The number of ether oxygens (including phenoxy) is 1. The van der Waals surface area contributed by atoms with Gasteiger partial charge in [0, 0.05) is 6.42 Å². The Morgan fingerprint density at radius 2 is 2.31 bits per heavy atom. The molecule has 1 aliphatic rings. The number of carbonyl (C=O) groups is 1. The summed E-state index contributed by atoms with van der Waals surface area (Å²) in [4.78, 5) is 11.3. The summed E-state index contributed by atoms with van der Waals surface area (Å²) in [7, 11) is 1.60. The SMILES string of the molecule is COC1=CC=CC(N(N)C(=O)NN)=C(C)C1. The first-order chi connectivity index (χ1) is 7.60. The van der Waals surface area contributed by atoms with Gasteiger partial charge in [-0.1, -0.05) is 6.08 Å². The maximum absolute atomic E-state index is 11.3. The van der Waals surface area contributed by atoms with Crippen LogP contribution in [0.5, 0.6) is 0 Å². The lowest BCUT2D eigenvalue weighted by Crippen LogP contribution is -2.46. The van der Waals surface area contributed by atoms with Gasteiger partial charge in [0.1, 0.15) is 0 Å². The summed E-state index contributed by atoms with van der Waals surface area (Å²) in [5.41, 5.74) is 3.50. The largest absolute Gasteiger partial charge is 0.501 e. The summed E-state index contributed by atoms with van der Waals surface area (Å²) in [6.45, 7) is 1.88. The highest BCUT2D eigenvalue weighted by Gasteiger charge is 2.15. The summed E-state index contributed by atoms with van der Waals surface area (Å²) in [5.74, 6) is 11.4. The fourth-order valence-corrected chi connectivity index (χ4v) is 1.40. The quantitative estimate of drug-likeness (QED) is 0.362. The van der Waals surface area contributed by atoms with Gasteiger partial charge in [-0.25, -0.2) is 21.5 Å². The molecule has 0 atom stereocenters. The summed E-state index contributed by atoms with van der Waals surface area (Å²) in [5, 5.41) is 0.971. The fraction of sp³-hybridized carbons (Fsp3) is 0.300. The van der Waals surface area contributed by atoms with E-state index in [9.17, 15) is 4.79 Å². The summed E-state index contributed by atoms with van der Waals surface area (Å²) < 4.78 is 5.15. The van der Waals surface area contributed by atoms with Crippen molar-refractivity contribution in [1.82, 2.24) is 10.4 Å². The molecular weight excluding hydrogens is 208 g/mol. The lowest BCUT2D eigenvalue weighted by molar-refractivity contribution is 0.213. The molecule has 0 aromatic rings. The molecule has 0 heterocycles. The molecule has 0 aromatic heterocycles. The van der Waals surface area contributed by atoms with Crippen molar-refractivity contribution < 1.29 is 9.53 Å². The number of hydrogen-bond acceptors (Lipinski definition) is 4. The van der Waals surface area contributed by atoms with E-state index in [1.165, 1.54) is 0 Å². The number of methoxy groups -OCH3 is 1. The first kappa shape index (κ1) is 12.3. The number of urea groups is 1. The number of hydrogen-bond donors (Lipinski definition) is 3. The van der Waals surface area contributed by atoms with Crippen molar-refractivity contribution in [2.24, 2.45) is 11.7 Å². The number of rotatable bonds is 2. The minimum Gasteiger partial charge on any atom is -0.501 e. The van der Waals surface area contributed by atoms with Gasteiger partial charge in [0.25, 0.3) is 0 Å². The highest BCUT2D eigenvalue weighted by molar-refractivity contribution is 5.75. The van der Waals surface area contributed by atoms with Gasteiger partial charge in [-0.15, -0.1) is 0 Å². The molecule has 0 saturated carbocycles. The zero-order chi connectivity index (χ0) is 12.1. The predicted octanol–water partition coefficient (Wildman–Crippen LogP) is 0.510. The second-order valence-corrected chi connectivity index (χ2v) is 3.36. The molecular formula is C10H16N4O2. The number of hydrazine groups is 2. The molecule has 6 heteroatoms. The summed E-state index contributed by atoms with van der Waals surface area (Å²) in [6, 6.07) is -0.570. The molecule has 16 heavy (non-hydrogen) atoms. The average molecular weight is 224 g/mol. The van der Waals surface area contributed by atoms with Gasteiger partial charge in [-0.2, -0.15) is 0 Å². The Morgan fingerprint density at radius 3 is 2.88 bits per heavy atom. The Hall–Kier alpha value is -1.79.